The molecule has 0 bridgehead atoms. The summed E-state index contributed by atoms with van der Waals surface area (Å²) in [6.45, 7) is 0. The summed E-state index contributed by atoms with van der Waals surface area (Å²) in [5.74, 6) is -0.244. The van der Waals surface area contributed by atoms with E-state index in [0.717, 1.165) is 0 Å². The summed E-state index contributed by atoms with van der Waals surface area (Å²) < 4.78 is 0. The molecule has 1 aliphatic rings. The lowest BCUT2D eigenvalue weighted by Gasteiger charge is -2.26. The van der Waals surface area contributed by atoms with Gasteiger partial charge in [-0.2, -0.15) is 0 Å². The molecule has 3 N–H and O–H groups in total. The van der Waals surface area contributed by atoms with Crippen LogP contribution in [0.3, 0.4) is 0 Å². The molecule has 1 atom stereocenters. The zero-order valence-electron chi connectivity index (χ0n) is 5.93. The highest BCUT2D eigenvalue weighted by Gasteiger charge is 2.36. The number of likely N-dealkylation sites (N-methyl/N-ethyl adjacent to an activating group) is 2. The van der Waals surface area contributed by atoms with E-state index in [1.165, 1.54) is 0 Å². The molecule has 4 heteroatoms. The highest BCUT2D eigenvalue weighted by atomic mass is 16.3. The van der Waals surface area contributed by atoms with Crippen LogP contribution < -0.4 is 10.6 Å². The van der Waals surface area contributed by atoms with Crippen LogP contribution in [0, 0.1) is 0 Å². The van der Waals surface area contributed by atoms with Crippen LogP contribution in [-0.4, -0.2) is 31.1 Å². The van der Waals surface area contributed by atoms with Crippen molar-refractivity contribution in [2.24, 2.45) is 0 Å². The molecular weight excluding hydrogens is 132 g/mol. The quantitative estimate of drug-likeness (QED) is 0.443. The summed E-state index contributed by atoms with van der Waals surface area (Å²) in [6, 6.07) is 0. The molecule has 0 saturated carbocycles. The average Bonchev–Trinajstić information content (AvgIpc) is 1.97. The van der Waals surface area contributed by atoms with Crippen molar-refractivity contribution < 1.29 is 9.90 Å². The van der Waals surface area contributed by atoms with Gasteiger partial charge < -0.3 is 15.7 Å². The van der Waals surface area contributed by atoms with Crippen LogP contribution in [0.25, 0.3) is 0 Å². The summed E-state index contributed by atoms with van der Waals surface area (Å²) in [6.07, 6.45) is -0.938. The van der Waals surface area contributed by atoms with Gasteiger partial charge in [0.25, 0.3) is 0 Å². The van der Waals surface area contributed by atoms with Gasteiger partial charge in [-0.1, -0.05) is 0 Å². The SMILES string of the molecule is CNC1=C(NC)C(O)C1=O. The second-order valence-corrected chi connectivity index (χ2v) is 2.06. The number of rotatable bonds is 2. The number of aliphatic hydroxyl groups is 1. The molecule has 1 aliphatic carbocycles. The molecule has 0 radical (unpaired) electrons. The zero-order valence-corrected chi connectivity index (χ0v) is 5.93. The Morgan fingerprint density at radius 2 is 2.00 bits per heavy atom. The minimum Gasteiger partial charge on any atom is -0.387 e. The molecule has 10 heavy (non-hydrogen) atoms. The van der Waals surface area contributed by atoms with E-state index in [1.54, 1.807) is 14.1 Å². The standard InChI is InChI=1S/C6H10N2O2/c1-7-3-4(8-2)6(10)5(3)9/h5,7-9H,1-2H3. The lowest BCUT2D eigenvalue weighted by Crippen LogP contribution is -2.46. The lowest BCUT2D eigenvalue weighted by atomic mass is 9.95. The molecule has 1 rings (SSSR count). The van der Waals surface area contributed by atoms with Gasteiger partial charge in [0.05, 0.1) is 5.70 Å². The third-order valence-electron chi connectivity index (χ3n) is 1.56. The Labute approximate surface area is 58.9 Å². The van der Waals surface area contributed by atoms with Crippen molar-refractivity contribution in [1.82, 2.24) is 10.6 Å². The number of hydrogen-bond donors (Lipinski definition) is 3. The van der Waals surface area contributed by atoms with Crippen molar-refractivity contribution in [3.8, 4) is 0 Å². The Balaban J connectivity index is 2.83. The van der Waals surface area contributed by atoms with Gasteiger partial charge in [-0.15, -0.1) is 0 Å². The average molecular weight is 142 g/mol. The topological polar surface area (TPSA) is 61.4 Å². The summed E-state index contributed by atoms with van der Waals surface area (Å²) in [5, 5.41) is 14.4. The molecule has 0 fully saturated rings. The highest BCUT2D eigenvalue weighted by Crippen LogP contribution is 2.18. The second kappa shape index (κ2) is 2.30. The molecule has 1 unspecified atom stereocenters. The van der Waals surface area contributed by atoms with E-state index in [2.05, 4.69) is 10.6 Å². The van der Waals surface area contributed by atoms with Gasteiger partial charge in [0.15, 0.2) is 6.10 Å². The van der Waals surface area contributed by atoms with E-state index < -0.39 is 6.10 Å². The first-order chi connectivity index (χ1) is 4.72. The van der Waals surface area contributed by atoms with Crippen LogP contribution in [0.5, 0.6) is 0 Å². The van der Waals surface area contributed by atoms with Gasteiger partial charge in [-0.05, 0) is 0 Å². The molecule has 0 heterocycles. The third-order valence-corrected chi connectivity index (χ3v) is 1.56. The summed E-state index contributed by atoms with van der Waals surface area (Å²) in [7, 11) is 3.32. The highest BCUT2D eigenvalue weighted by molar-refractivity contribution is 6.07. The normalized spacial score (nSPS) is 24.3. The largest absolute Gasteiger partial charge is 0.387 e. The molecular formula is C6H10N2O2. The Bertz CT molecular complexity index is 198. The molecule has 0 spiro atoms. The number of ketones is 1. The van der Waals surface area contributed by atoms with Crippen LogP contribution in [0.1, 0.15) is 0 Å². The molecule has 4 nitrogen and oxygen atoms in total. The van der Waals surface area contributed by atoms with Crippen molar-refractivity contribution in [2.45, 2.75) is 6.10 Å². The lowest BCUT2D eigenvalue weighted by molar-refractivity contribution is -0.125. The van der Waals surface area contributed by atoms with Gasteiger partial charge in [0, 0.05) is 14.1 Å². The Morgan fingerprint density at radius 3 is 2.30 bits per heavy atom. The number of hydrogen-bond acceptors (Lipinski definition) is 4. The second-order valence-electron chi connectivity index (χ2n) is 2.06. The van der Waals surface area contributed by atoms with E-state index >= 15 is 0 Å². The molecule has 56 valence electrons. The number of aliphatic hydroxyl groups excluding tert-OH is 1. The summed E-state index contributed by atoms with van der Waals surface area (Å²) in [5.41, 5.74) is 1.06. The van der Waals surface area contributed by atoms with Crippen molar-refractivity contribution in [2.75, 3.05) is 14.1 Å². The van der Waals surface area contributed by atoms with E-state index in [4.69, 9.17) is 5.11 Å². The van der Waals surface area contributed by atoms with E-state index in [-0.39, 0.29) is 5.78 Å². The maximum atomic E-state index is 10.8. The van der Waals surface area contributed by atoms with E-state index in [9.17, 15) is 4.79 Å². The van der Waals surface area contributed by atoms with Crippen LogP contribution in [0.15, 0.2) is 11.4 Å². The fourth-order valence-electron chi connectivity index (χ4n) is 0.979. The minimum absolute atomic E-state index is 0.244. The van der Waals surface area contributed by atoms with Crippen LogP contribution in [-0.2, 0) is 4.79 Å². The third kappa shape index (κ3) is 0.690. The number of Topliss-reactive ketones (excluding diaryl/α,β-unsaturated/α-hetero) is 1. The number of carbonyl (C=O) groups excluding carboxylic acids is 1. The van der Waals surface area contributed by atoms with Crippen LogP contribution in [0.2, 0.25) is 0 Å². The maximum absolute atomic E-state index is 10.8. The fraction of sp³-hybridized carbons (Fsp3) is 0.500. The fourth-order valence-corrected chi connectivity index (χ4v) is 0.979. The first-order valence-corrected chi connectivity index (χ1v) is 3.04. The van der Waals surface area contributed by atoms with Gasteiger partial charge in [0.2, 0.25) is 5.78 Å². The van der Waals surface area contributed by atoms with Crippen molar-refractivity contribution in [1.29, 1.82) is 0 Å². The Hall–Kier alpha value is -1.03. The van der Waals surface area contributed by atoms with Gasteiger partial charge >= 0.3 is 0 Å². The van der Waals surface area contributed by atoms with Crippen molar-refractivity contribution >= 4 is 5.78 Å². The minimum atomic E-state index is -0.938. The van der Waals surface area contributed by atoms with Gasteiger partial charge in [-0.25, -0.2) is 0 Å². The van der Waals surface area contributed by atoms with Crippen LogP contribution in [0.4, 0.5) is 0 Å². The molecule has 0 aromatic carbocycles. The molecule has 0 saturated heterocycles. The monoisotopic (exact) mass is 142 g/mol. The number of nitrogens with one attached hydrogen (secondary N) is 2. The van der Waals surface area contributed by atoms with E-state index in [1.807, 2.05) is 0 Å². The first kappa shape index (κ1) is 7.08. The predicted molar refractivity (Wildman–Crippen MR) is 36.2 cm³/mol. The number of carbonyl (C=O) groups is 1. The Kier molecular flexibility index (Phi) is 1.63. The summed E-state index contributed by atoms with van der Waals surface area (Å²) >= 11 is 0. The molecule has 0 aromatic rings. The van der Waals surface area contributed by atoms with Crippen molar-refractivity contribution in [3.05, 3.63) is 11.4 Å². The Morgan fingerprint density at radius 1 is 1.40 bits per heavy atom. The molecule has 0 aliphatic heterocycles. The van der Waals surface area contributed by atoms with E-state index in [0.29, 0.717) is 11.4 Å². The predicted octanol–water partition coefficient (Wildman–Crippen LogP) is -1.42. The smallest absolute Gasteiger partial charge is 0.215 e. The maximum Gasteiger partial charge on any atom is 0.215 e. The molecule has 0 aromatic heterocycles. The van der Waals surface area contributed by atoms with Gasteiger partial charge in [-0.3, -0.25) is 4.79 Å². The van der Waals surface area contributed by atoms with Gasteiger partial charge in [0.1, 0.15) is 5.70 Å². The first-order valence-electron chi connectivity index (χ1n) is 3.04. The van der Waals surface area contributed by atoms with Crippen molar-refractivity contribution in [3.63, 3.8) is 0 Å². The van der Waals surface area contributed by atoms with Crippen LogP contribution >= 0.6 is 0 Å². The zero-order chi connectivity index (χ0) is 7.72. The summed E-state index contributed by atoms with van der Waals surface area (Å²) in [4.78, 5) is 10.8. The molecule has 0 amide bonds.